The molecule has 0 aromatic heterocycles. The average molecular weight is 225 g/mol. The van der Waals surface area contributed by atoms with Crippen molar-refractivity contribution in [3.05, 3.63) is 0 Å². The second kappa shape index (κ2) is 4.72. The maximum atomic E-state index is 11.2. The van der Waals surface area contributed by atoms with E-state index in [1.54, 1.807) is 18.6 Å². The fraction of sp³-hybridized carbons (Fsp3) is 0.857. The Hall–Kier alpha value is -0.660. The number of carbonyl (C=O) groups is 1. The molecule has 0 aromatic carbocycles. The van der Waals surface area contributed by atoms with Crippen LogP contribution in [0.4, 0.5) is 0 Å². The molecule has 0 amide bonds. The van der Waals surface area contributed by atoms with Crippen molar-refractivity contribution >= 4 is 16.3 Å². The Balaban J connectivity index is 3.99. The number of nitrogens with one attached hydrogen (secondary N) is 1. The van der Waals surface area contributed by atoms with E-state index < -0.39 is 28.4 Å². The molecule has 0 bridgehead atoms. The SMILES string of the molecule is CCC(C)(C)C(=O)OCNS(=O)(=O)O. The van der Waals surface area contributed by atoms with E-state index in [0.717, 1.165) is 0 Å². The summed E-state index contributed by atoms with van der Waals surface area (Å²) >= 11 is 0. The van der Waals surface area contributed by atoms with Crippen LogP contribution in [0.15, 0.2) is 0 Å². The van der Waals surface area contributed by atoms with Gasteiger partial charge in [-0.05, 0) is 20.3 Å². The van der Waals surface area contributed by atoms with Crippen molar-refractivity contribution < 1.29 is 22.5 Å². The van der Waals surface area contributed by atoms with E-state index in [1.165, 1.54) is 0 Å². The zero-order valence-electron chi connectivity index (χ0n) is 8.40. The Kier molecular flexibility index (Phi) is 4.50. The lowest BCUT2D eigenvalue weighted by molar-refractivity contribution is -0.154. The van der Waals surface area contributed by atoms with Crippen LogP contribution in [0.1, 0.15) is 27.2 Å². The Morgan fingerprint density at radius 1 is 1.50 bits per heavy atom. The van der Waals surface area contributed by atoms with Gasteiger partial charge in [-0.15, -0.1) is 0 Å². The minimum absolute atomic E-state index is 0.517. The van der Waals surface area contributed by atoms with Gasteiger partial charge in [-0.2, -0.15) is 13.1 Å². The molecule has 14 heavy (non-hydrogen) atoms. The molecule has 0 spiro atoms. The third-order valence-electron chi connectivity index (χ3n) is 1.88. The molecule has 0 aliphatic heterocycles. The smallest absolute Gasteiger partial charge is 0.336 e. The standard InChI is InChI=1S/C7H15NO5S/c1-4-7(2,3)6(9)13-5-8-14(10,11)12/h8H,4-5H2,1-3H3,(H,10,11,12). The van der Waals surface area contributed by atoms with Gasteiger partial charge in [-0.1, -0.05) is 6.92 Å². The summed E-state index contributed by atoms with van der Waals surface area (Å²) in [6, 6.07) is 0. The number of carbonyl (C=O) groups excluding carboxylic acids is 1. The summed E-state index contributed by atoms with van der Waals surface area (Å²) in [5.41, 5.74) is -0.652. The van der Waals surface area contributed by atoms with Crippen molar-refractivity contribution in [3.63, 3.8) is 0 Å². The summed E-state index contributed by atoms with van der Waals surface area (Å²) < 4.78 is 34.8. The fourth-order valence-corrected chi connectivity index (χ4v) is 0.717. The van der Waals surface area contributed by atoms with Crippen LogP contribution >= 0.6 is 0 Å². The van der Waals surface area contributed by atoms with E-state index in [0.29, 0.717) is 6.42 Å². The van der Waals surface area contributed by atoms with Gasteiger partial charge in [-0.25, -0.2) is 0 Å². The molecule has 0 atom stereocenters. The van der Waals surface area contributed by atoms with Gasteiger partial charge in [0.05, 0.1) is 5.41 Å². The highest BCUT2D eigenvalue weighted by Gasteiger charge is 2.27. The van der Waals surface area contributed by atoms with E-state index in [1.807, 2.05) is 6.92 Å². The van der Waals surface area contributed by atoms with Gasteiger partial charge in [0, 0.05) is 0 Å². The van der Waals surface area contributed by atoms with Gasteiger partial charge in [0.1, 0.15) is 0 Å². The second-order valence-electron chi connectivity index (χ2n) is 3.43. The normalized spacial score (nSPS) is 12.6. The molecule has 0 unspecified atom stereocenters. The quantitative estimate of drug-likeness (QED) is 0.399. The van der Waals surface area contributed by atoms with Crippen LogP contribution < -0.4 is 4.72 Å². The molecule has 0 heterocycles. The average Bonchev–Trinajstić information content (AvgIpc) is 2.02. The molecule has 2 N–H and O–H groups in total. The first-order valence-electron chi connectivity index (χ1n) is 4.08. The molecule has 6 nitrogen and oxygen atoms in total. The Bertz CT molecular complexity index is 295. The van der Waals surface area contributed by atoms with Crippen molar-refractivity contribution in [1.29, 1.82) is 0 Å². The minimum Gasteiger partial charge on any atom is -0.448 e. The summed E-state index contributed by atoms with van der Waals surface area (Å²) in [6.07, 6.45) is 0.581. The van der Waals surface area contributed by atoms with Crippen LogP contribution in [-0.2, 0) is 19.8 Å². The molecule has 7 heteroatoms. The monoisotopic (exact) mass is 225 g/mol. The van der Waals surface area contributed by atoms with Gasteiger partial charge in [0.2, 0.25) is 0 Å². The lowest BCUT2D eigenvalue weighted by Gasteiger charge is -2.19. The van der Waals surface area contributed by atoms with E-state index in [4.69, 9.17) is 4.55 Å². The molecule has 0 saturated heterocycles. The van der Waals surface area contributed by atoms with Crippen LogP contribution in [0.5, 0.6) is 0 Å². The number of ether oxygens (including phenoxy) is 1. The molecule has 0 radical (unpaired) electrons. The second-order valence-corrected chi connectivity index (χ2v) is 4.67. The van der Waals surface area contributed by atoms with Crippen LogP contribution in [0.25, 0.3) is 0 Å². The topological polar surface area (TPSA) is 92.7 Å². The summed E-state index contributed by atoms with van der Waals surface area (Å²) in [5, 5.41) is 0. The predicted molar refractivity (Wildman–Crippen MR) is 49.7 cm³/mol. The first-order valence-corrected chi connectivity index (χ1v) is 5.52. The maximum Gasteiger partial charge on any atom is 0.336 e. The third-order valence-corrected chi connectivity index (χ3v) is 2.36. The van der Waals surface area contributed by atoms with E-state index >= 15 is 0 Å². The minimum atomic E-state index is -4.30. The summed E-state index contributed by atoms with van der Waals surface area (Å²) in [5.74, 6) is -0.517. The zero-order valence-corrected chi connectivity index (χ0v) is 9.22. The molecular formula is C7H15NO5S. The predicted octanol–water partition coefficient (Wildman–Crippen LogP) is 0.316. The Labute approximate surface area is 83.5 Å². The molecule has 84 valence electrons. The zero-order chi connectivity index (χ0) is 11.4. The van der Waals surface area contributed by atoms with Gasteiger partial charge < -0.3 is 4.74 Å². The van der Waals surface area contributed by atoms with Gasteiger partial charge >= 0.3 is 16.3 Å². The van der Waals surface area contributed by atoms with E-state index in [2.05, 4.69) is 4.74 Å². The van der Waals surface area contributed by atoms with Crippen LogP contribution in [0.2, 0.25) is 0 Å². The summed E-state index contributed by atoms with van der Waals surface area (Å²) in [4.78, 5) is 11.2. The van der Waals surface area contributed by atoms with Gasteiger partial charge in [0.25, 0.3) is 0 Å². The summed E-state index contributed by atoms with van der Waals surface area (Å²) in [6.45, 7) is 4.63. The van der Waals surface area contributed by atoms with Crippen LogP contribution in [0.3, 0.4) is 0 Å². The molecule has 0 saturated carbocycles. The number of hydrogen-bond acceptors (Lipinski definition) is 4. The Morgan fingerprint density at radius 3 is 2.36 bits per heavy atom. The maximum absolute atomic E-state index is 11.2. The first kappa shape index (κ1) is 13.3. The Morgan fingerprint density at radius 2 is 2.00 bits per heavy atom. The van der Waals surface area contributed by atoms with Crippen molar-refractivity contribution in [2.24, 2.45) is 5.41 Å². The molecule has 0 aliphatic carbocycles. The van der Waals surface area contributed by atoms with Gasteiger partial charge in [0.15, 0.2) is 6.73 Å². The highest BCUT2D eigenvalue weighted by molar-refractivity contribution is 7.83. The van der Waals surface area contributed by atoms with Crippen molar-refractivity contribution in [2.75, 3.05) is 6.73 Å². The van der Waals surface area contributed by atoms with Crippen LogP contribution in [0, 0.1) is 5.41 Å². The number of hydrogen-bond donors (Lipinski definition) is 2. The molecule has 0 fully saturated rings. The molecular weight excluding hydrogens is 210 g/mol. The highest BCUT2D eigenvalue weighted by Crippen LogP contribution is 2.20. The van der Waals surface area contributed by atoms with Crippen LogP contribution in [-0.4, -0.2) is 25.7 Å². The van der Waals surface area contributed by atoms with Crippen molar-refractivity contribution in [3.8, 4) is 0 Å². The fourth-order valence-electron chi connectivity index (χ4n) is 0.509. The molecule has 0 rings (SSSR count). The van der Waals surface area contributed by atoms with Crippen molar-refractivity contribution in [2.45, 2.75) is 27.2 Å². The molecule has 0 aliphatic rings. The highest BCUT2D eigenvalue weighted by atomic mass is 32.2. The van der Waals surface area contributed by atoms with E-state index in [9.17, 15) is 13.2 Å². The largest absolute Gasteiger partial charge is 0.448 e. The number of rotatable bonds is 5. The van der Waals surface area contributed by atoms with Gasteiger partial charge in [-0.3, -0.25) is 9.35 Å². The summed E-state index contributed by atoms with van der Waals surface area (Å²) in [7, 11) is -4.30. The first-order chi connectivity index (χ1) is 6.19. The third kappa shape index (κ3) is 5.15. The van der Waals surface area contributed by atoms with E-state index in [-0.39, 0.29) is 0 Å². The van der Waals surface area contributed by atoms with Crippen molar-refractivity contribution in [1.82, 2.24) is 4.72 Å². The lowest BCUT2D eigenvalue weighted by Crippen LogP contribution is -2.32. The lowest BCUT2D eigenvalue weighted by atomic mass is 9.91. The number of esters is 1. The molecule has 0 aromatic rings.